The summed E-state index contributed by atoms with van der Waals surface area (Å²) in [4.78, 5) is 50.4. The van der Waals surface area contributed by atoms with E-state index in [2.05, 4.69) is 27.5 Å². The van der Waals surface area contributed by atoms with Gasteiger partial charge in [0.15, 0.2) is 17.4 Å². The van der Waals surface area contributed by atoms with Crippen LogP contribution >= 0.6 is 11.6 Å². The maximum absolute atomic E-state index is 14.9. The summed E-state index contributed by atoms with van der Waals surface area (Å²) in [7, 11) is 3.04. The Morgan fingerprint density at radius 2 is 1.87 bits per heavy atom. The number of hydrogen-bond donors (Lipinski definition) is 2. The third-order valence-electron chi connectivity index (χ3n) is 8.25. The van der Waals surface area contributed by atoms with Gasteiger partial charge in [-0.2, -0.15) is 4.39 Å². The van der Waals surface area contributed by atoms with Crippen molar-refractivity contribution in [3.05, 3.63) is 64.6 Å². The first-order chi connectivity index (χ1) is 22.1. The summed E-state index contributed by atoms with van der Waals surface area (Å²) in [6.07, 6.45) is 4.14. The number of carbonyl (C=O) groups excluding carboxylic acids is 3. The van der Waals surface area contributed by atoms with Crippen molar-refractivity contribution in [3.63, 3.8) is 0 Å². The largest absolute Gasteiger partial charge is 0.485 e. The first kappa shape index (κ1) is 33.0. The van der Waals surface area contributed by atoms with Crippen molar-refractivity contribution in [2.24, 2.45) is 18.0 Å². The lowest BCUT2D eigenvalue weighted by Gasteiger charge is -2.35. The summed E-state index contributed by atoms with van der Waals surface area (Å²) in [6.45, 7) is 4.77. The van der Waals surface area contributed by atoms with Crippen LogP contribution in [0.4, 0.5) is 14.5 Å². The Balaban J connectivity index is 1.19. The van der Waals surface area contributed by atoms with E-state index in [1.807, 2.05) is 0 Å². The Bertz CT molecular complexity index is 1660. The van der Waals surface area contributed by atoms with Crippen molar-refractivity contribution in [1.29, 1.82) is 0 Å². The van der Waals surface area contributed by atoms with E-state index in [0.29, 0.717) is 44.2 Å². The highest BCUT2D eigenvalue weighted by Crippen LogP contribution is 2.30. The number of piperazine rings is 1. The number of halogens is 3. The number of ether oxygens (including phenoxy) is 1. The van der Waals surface area contributed by atoms with E-state index in [4.69, 9.17) is 16.3 Å². The number of benzene rings is 2. The smallest absolute Gasteiger partial charge is 0.291 e. The fraction of sp³-hybridized carbons (Fsp3) is 0.406. The molecule has 3 amide bonds. The molecule has 0 aliphatic carbocycles. The summed E-state index contributed by atoms with van der Waals surface area (Å²) in [5.41, 5.74) is 0.666. The molecule has 3 heterocycles. The fourth-order valence-electron chi connectivity index (χ4n) is 5.71. The van der Waals surface area contributed by atoms with Crippen LogP contribution in [0.25, 0.3) is 11.3 Å². The first-order valence-electron chi connectivity index (χ1n) is 15.0. The van der Waals surface area contributed by atoms with Gasteiger partial charge in [0, 0.05) is 70.2 Å². The molecule has 2 aliphatic heterocycles. The van der Waals surface area contributed by atoms with E-state index >= 15 is 0 Å². The maximum atomic E-state index is 14.9. The molecule has 3 aromatic rings. The van der Waals surface area contributed by atoms with Gasteiger partial charge in [-0.3, -0.25) is 19.4 Å². The van der Waals surface area contributed by atoms with Crippen molar-refractivity contribution < 1.29 is 27.9 Å². The molecular formula is C32H36ClF2N7O4. The topological polar surface area (TPSA) is 121 Å². The van der Waals surface area contributed by atoms with Gasteiger partial charge in [0.05, 0.1) is 22.5 Å². The second-order valence-electron chi connectivity index (χ2n) is 11.5. The zero-order chi connectivity index (χ0) is 33.0. The lowest BCUT2D eigenvalue weighted by Crippen LogP contribution is -2.51. The Kier molecular flexibility index (Phi) is 10.3. The van der Waals surface area contributed by atoms with Crippen molar-refractivity contribution in [2.75, 3.05) is 51.7 Å². The van der Waals surface area contributed by atoms with E-state index in [1.54, 1.807) is 15.9 Å². The van der Waals surface area contributed by atoms with E-state index in [-0.39, 0.29) is 57.9 Å². The molecule has 0 radical (unpaired) electrons. The van der Waals surface area contributed by atoms with Crippen LogP contribution in [0.15, 0.2) is 41.5 Å². The van der Waals surface area contributed by atoms with Crippen LogP contribution in [0.1, 0.15) is 40.7 Å². The summed E-state index contributed by atoms with van der Waals surface area (Å²) in [5.74, 6) is -2.85. The summed E-state index contributed by atoms with van der Waals surface area (Å²) in [6, 6.07) is 7.39. The summed E-state index contributed by atoms with van der Waals surface area (Å²) < 4.78 is 36.1. The molecule has 0 bridgehead atoms. The van der Waals surface area contributed by atoms with E-state index in [1.165, 1.54) is 55.3 Å². The first-order valence-corrected chi connectivity index (χ1v) is 15.4. The van der Waals surface area contributed by atoms with Crippen molar-refractivity contribution in [3.8, 4) is 17.0 Å². The minimum atomic E-state index is -1.17. The molecule has 0 saturated carbocycles. The van der Waals surface area contributed by atoms with Crippen molar-refractivity contribution in [2.45, 2.75) is 25.8 Å². The summed E-state index contributed by atoms with van der Waals surface area (Å²) in [5, 5.41) is 6.22. The van der Waals surface area contributed by atoms with Crippen LogP contribution in [-0.4, -0.2) is 95.7 Å². The lowest BCUT2D eigenvalue weighted by atomic mass is 10.1. The van der Waals surface area contributed by atoms with Crippen LogP contribution in [-0.2, 0) is 11.8 Å². The zero-order valence-electron chi connectivity index (χ0n) is 25.9. The van der Waals surface area contributed by atoms with Gasteiger partial charge in [-0.15, -0.1) is 0 Å². The highest BCUT2D eigenvalue weighted by molar-refractivity contribution is 6.34. The predicted molar refractivity (Wildman–Crippen MR) is 171 cm³/mol. The maximum Gasteiger partial charge on any atom is 0.291 e. The predicted octanol–water partition coefficient (Wildman–Crippen LogP) is 4.02. The lowest BCUT2D eigenvalue weighted by molar-refractivity contribution is -0.133. The molecule has 2 fully saturated rings. The van der Waals surface area contributed by atoms with Crippen LogP contribution in [0.2, 0.25) is 5.02 Å². The average molecular weight is 656 g/mol. The molecule has 2 aromatic carbocycles. The molecule has 0 spiro atoms. The van der Waals surface area contributed by atoms with Gasteiger partial charge < -0.3 is 29.7 Å². The number of rotatable bonds is 9. The van der Waals surface area contributed by atoms with Gasteiger partial charge in [0.1, 0.15) is 6.61 Å². The highest BCUT2D eigenvalue weighted by atomic mass is 35.5. The minimum absolute atomic E-state index is 0.0152. The second kappa shape index (κ2) is 14.4. The third-order valence-corrected chi connectivity index (χ3v) is 8.56. The molecule has 2 atom stereocenters. The highest BCUT2D eigenvalue weighted by Gasteiger charge is 2.29. The molecule has 244 valence electrons. The van der Waals surface area contributed by atoms with Crippen molar-refractivity contribution >= 4 is 41.2 Å². The number of nitrogens with one attached hydrogen (secondary N) is 2. The van der Waals surface area contributed by atoms with Gasteiger partial charge >= 0.3 is 0 Å². The monoisotopic (exact) mass is 655 g/mol. The Morgan fingerprint density at radius 1 is 1.13 bits per heavy atom. The van der Waals surface area contributed by atoms with Crippen LogP contribution in [0.3, 0.4) is 0 Å². The number of anilines is 1. The standard InChI is InChI=1S/C32H36ClF2N7O4/c1-19-14-21(37-17-19)16-27(43)41-9-11-42(12-10-41)32(45)22-5-4-20(15-24(22)33)39-31(44)30-38-18-25(40(30)3)23-6-7-26(29(35)28(23)34)46-13-8-36-2/h4-8,15,18-19,21,37H,9-14,16-17H2,1-3H3,(H,39,44)/b36-8+/t19-,21?/m1/s1. The van der Waals surface area contributed by atoms with Gasteiger partial charge in [-0.1, -0.05) is 18.5 Å². The SMILES string of the molecule is C/N=C/COc1ccc(-c2cnc(C(=O)Nc3ccc(C(=O)N4CCN(C(=O)CC5C[C@@H](C)CN5)CC4)c(Cl)c3)n2C)c(F)c1F. The van der Waals surface area contributed by atoms with Crippen LogP contribution in [0, 0.1) is 17.6 Å². The van der Waals surface area contributed by atoms with Gasteiger partial charge in [-0.25, -0.2) is 9.37 Å². The second-order valence-corrected chi connectivity index (χ2v) is 11.9. The molecule has 2 saturated heterocycles. The molecule has 46 heavy (non-hydrogen) atoms. The fourth-order valence-corrected chi connectivity index (χ4v) is 5.97. The Morgan fingerprint density at radius 3 is 2.54 bits per heavy atom. The number of aliphatic imine (C=N–C) groups is 1. The zero-order valence-corrected chi connectivity index (χ0v) is 26.6. The molecular weight excluding hydrogens is 620 g/mol. The summed E-state index contributed by atoms with van der Waals surface area (Å²) >= 11 is 6.47. The van der Waals surface area contributed by atoms with Gasteiger partial charge in [-0.05, 0) is 49.2 Å². The molecule has 2 N–H and O–H groups in total. The Labute approximate surface area is 270 Å². The number of aromatic nitrogens is 2. The normalized spacial score (nSPS) is 18.3. The van der Waals surface area contributed by atoms with E-state index < -0.39 is 17.5 Å². The van der Waals surface area contributed by atoms with E-state index in [9.17, 15) is 23.2 Å². The van der Waals surface area contributed by atoms with E-state index in [0.717, 1.165) is 13.0 Å². The van der Waals surface area contributed by atoms with Crippen LogP contribution in [0.5, 0.6) is 5.75 Å². The van der Waals surface area contributed by atoms with Gasteiger partial charge in [0.25, 0.3) is 11.8 Å². The minimum Gasteiger partial charge on any atom is -0.485 e. The molecule has 5 rings (SSSR count). The van der Waals surface area contributed by atoms with Crippen molar-refractivity contribution in [1.82, 2.24) is 24.7 Å². The number of amides is 3. The molecule has 1 unspecified atom stereocenters. The van der Waals surface area contributed by atoms with Gasteiger partial charge in [0.2, 0.25) is 11.7 Å². The number of nitrogens with zero attached hydrogens (tertiary/aromatic N) is 5. The number of carbonyl (C=O) groups is 3. The van der Waals surface area contributed by atoms with Crippen LogP contribution < -0.4 is 15.4 Å². The quantitative estimate of drug-likeness (QED) is 0.336. The Hall–Kier alpha value is -4.36. The molecule has 14 heteroatoms. The molecule has 2 aliphatic rings. The third kappa shape index (κ3) is 7.20. The molecule has 1 aromatic heterocycles. The average Bonchev–Trinajstić information content (AvgIpc) is 3.63. The number of imidazole rings is 1. The number of hydrogen-bond acceptors (Lipinski definition) is 7. The molecule has 11 nitrogen and oxygen atoms in total.